The zero-order chi connectivity index (χ0) is 21.7. The zero-order valence-electron chi connectivity index (χ0n) is 16.5. The Morgan fingerprint density at radius 3 is 2.53 bits per heavy atom. The molecule has 30 heavy (non-hydrogen) atoms. The summed E-state index contributed by atoms with van der Waals surface area (Å²) < 4.78 is 30.0. The second-order valence-electron chi connectivity index (χ2n) is 7.01. The van der Waals surface area contributed by atoms with Crippen LogP contribution in [-0.2, 0) is 14.8 Å². The highest BCUT2D eigenvalue weighted by Gasteiger charge is 2.20. The van der Waals surface area contributed by atoms with Crippen molar-refractivity contribution in [2.45, 2.75) is 30.6 Å². The van der Waals surface area contributed by atoms with Crippen molar-refractivity contribution in [3.8, 4) is 0 Å². The van der Waals surface area contributed by atoms with Gasteiger partial charge in [0.15, 0.2) is 5.78 Å². The first kappa shape index (κ1) is 22.2. The lowest BCUT2D eigenvalue weighted by molar-refractivity contribution is -0.116. The van der Waals surface area contributed by atoms with Crippen molar-refractivity contribution >= 4 is 49.2 Å². The van der Waals surface area contributed by atoms with Crippen LogP contribution in [-0.4, -0.2) is 44.4 Å². The van der Waals surface area contributed by atoms with E-state index in [1.807, 2.05) is 11.9 Å². The molecule has 1 fully saturated rings. The van der Waals surface area contributed by atoms with Gasteiger partial charge in [-0.15, -0.1) is 4.40 Å². The Balaban J connectivity index is 1.62. The molecule has 0 bridgehead atoms. The van der Waals surface area contributed by atoms with Crippen molar-refractivity contribution in [3.63, 3.8) is 0 Å². The van der Waals surface area contributed by atoms with Crippen LogP contribution in [0, 0.1) is 0 Å². The highest BCUT2D eigenvalue weighted by Crippen LogP contribution is 2.20. The van der Waals surface area contributed by atoms with Crippen LogP contribution in [0.15, 0.2) is 62.3 Å². The number of anilines is 1. The van der Waals surface area contributed by atoms with E-state index in [2.05, 4.69) is 25.6 Å². The molecule has 1 N–H and O–H groups in total. The van der Waals surface area contributed by atoms with Gasteiger partial charge in [0.25, 0.3) is 10.0 Å². The van der Waals surface area contributed by atoms with Gasteiger partial charge in [-0.3, -0.25) is 9.59 Å². The molecule has 1 heterocycles. The number of amides is 1. The van der Waals surface area contributed by atoms with Gasteiger partial charge in [-0.1, -0.05) is 34.1 Å². The van der Waals surface area contributed by atoms with Crippen LogP contribution in [0.25, 0.3) is 0 Å². The molecule has 2 aromatic rings. The van der Waals surface area contributed by atoms with Crippen LogP contribution >= 0.6 is 15.9 Å². The van der Waals surface area contributed by atoms with Gasteiger partial charge >= 0.3 is 0 Å². The third-order valence-corrected chi connectivity index (χ3v) is 6.55. The first-order valence-electron chi connectivity index (χ1n) is 9.48. The lowest BCUT2D eigenvalue weighted by atomic mass is 10.1. The molecule has 0 radical (unpaired) electrons. The van der Waals surface area contributed by atoms with Gasteiger partial charge in [0.1, 0.15) is 5.84 Å². The Bertz CT molecular complexity index is 1080. The first-order chi connectivity index (χ1) is 14.2. The van der Waals surface area contributed by atoms with Gasteiger partial charge in [-0.05, 0) is 36.8 Å². The van der Waals surface area contributed by atoms with Crippen LogP contribution < -0.4 is 5.32 Å². The molecule has 0 spiro atoms. The second-order valence-corrected chi connectivity index (χ2v) is 9.53. The number of sulfonamides is 1. The summed E-state index contributed by atoms with van der Waals surface area (Å²) in [6, 6.07) is 12.9. The highest BCUT2D eigenvalue weighted by atomic mass is 79.9. The fourth-order valence-electron chi connectivity index (χ4n) is 3.07. The number of ketones is 1. The molecule has 0 unspecified atom stereocenters. The normalized spacial score (nSPS) is 15.4. The number of halogens is 1. The number of carbonyl (C=O) groups is 2. The number of benzene rings is 2. The summed E-state index contributed by atoms with van der Waals surface area (Å²) in [6.45, 7) is 0.781. The Morgan fingerprint density at radius 1 is 1.13 bits per heavy atom. The van der Waals surface area contributed by atoms with Crippen molar-refractivity contribution in [3.05, 3.63) is 58.6 Å². The Kier molecular flexibility index (Phi) is 7.04. The molecule has 1 amide bonds. The summed E-state index contributed by atoms with van der Waals surface area (Å²) in [6.07, 6.45) is 1.56. The van der Waals surface area contributed by atoms with Crippen LogP contribution in [0.2, 0.25) is 0 Å². The Labute approximate surface area is 184 Å². The fourth-order valence-corrected chi connectivity index (χ4v) is 4.47. The van der Waals surface area contributed by atoms with Crippen molar-refractivity contribution in [2.75, 3.05) is 18.9 Å². The minimum absolute atomic E-state index is 0.00102. The summed E-state index contributed by atoms with van der Waals surface area (Å²) in [4.78, 5) is 26.3. The lowest BCUT2D eigenvalue weighted by Gasteiger charge is -2.11. The minimum Gasteiger partial charge on any atom is -0.362 e. The van der Waals surface area contributed by atoms with Crippen molar-refractivity contribution in [1.82, 2.24) is 4.90 Å². The first-order valence-corrected chi connectivity index (χ1v) is 11.7. The summed E-state index contributed by atoms with van der Waals surface area (Å²) in [5.41, 5.74) is 0.882. The van der Waals surface area contributed by atoms with Gasteiger partial charge in [0, 0.05) is 48.6 Å². The maximum Gasteiger partial charge on any atom is 0.284 e. The van der Waals surface area contributed by atoms with Crippen LogP contribution in [0.1, 0.15) is 36.0 Å². The van der Waals surface area contributed by atoms with E-state index in [4.69, 9.17) is 0 Å². The van der Waals surface area contributed by atoms with Crippen LogP contribution in [0.4, 0.5) is 5.69 Å². The van der Waals surface area contributed by atoms with Crippen molar-refractivity contribution in [1.29, 1.82) is 0 Å². The van der Waals surface area contributed by atoms with E-state index >= 15 is 0 Å². The Morgan fingerprint density at radius 2 is 1.87 bits per heavy atom. The monoisotopic (exact) mass is 491 g/mol. The maximum atomic E-state index is 12.6. The molecule has 0 aromatic heterocycles. The van der Waals surface area contributed by atoms with E-state index in [9.17, 15) is 18.0 Å². The van der Waals surface area contributed by atoms with Crippen LogP contribution in [0.3, 0.4) is 0 Å². The lowest BCUT2D eigenvalue weighted by Crippen LogP contribution is -2.20. The largest absolute Gasteiger partial charge is 0.362 e. The summed E-state index contributed by atoms with van der Waals surface area (Å²) in [5.74, 6) is 0.0400. The van der Waals surface area contributed by atoms with E-state index in [0.717, 1.165) is 17.4 Å². The fraction of sp³-hybridized carbons (Fsp3) is 0.286. The van der Waals surface area contributed by atoms with E-state index in [1.54, 1.807) is 36.4 Å². The molecular weight excluding hydrogens is 470 g/mol. The summed E-state index contributed by atoms with van der Waals surface area (Å²) in [7, 11) is -2.05. The molecule has 158 valence electrons. The Hall–Kier alpha value is -2.52. The quantitative estimate of drug-likeness (QED) is 0.593. The third kappa shape index (κ3) is 5.76. The van der Waals surface area contributed by atoms with Gasteiger partial charge in [0.05, 0.1) is 4.90 Å². The van der Waals surface area contributed by atoms with Crippen molar-refractivity contribution < 1.29 is 18.0 Å². The highest BCUT2D eigenvalue weighted by molar-refractivity contribution is 9.10. The molecule has 7 nitrogen and oxygen atoms in total. The third-order valence-electron chi connectivity index (χ3n) is 4.72. The van der Waals surface area contributed by atoms with Crippen LogP contribution in [0.5, 0.6) is 0 Å². The number of rotatable bonds is 7. The number of nitrogens with zero attached hydrogens (tertiary/aromatic N) is 2. The SMILES string of the molecule is CN1CCCC1=NS(=O)(=O)c1cccc(NC(=O)CCC(=O)c2ccc(Br)cc2)c1. The smallest absolute Gasteiger partial charge is 0.284 e. The average Bonchev–Trinajstić information content (AvgIpc) is 3.11. The standard InChI is InChI=1S/C21H22BrN3O4S/c1-25-13-3-6-20(25)24-30(28,29)18-5-2-4-17(14-18)23-21(27)12-11-19(26)15-7-9-16(22)10-8-15/h2,4-5,7-10,14H,3,6,11-13H2,1H3,(H,23,27). The predicted octanol–water partition coefficient (Wildman–Crippen LogP) is 3.86. The number of hydrogen-bond donors (Lipinski definition) is 1. The van der Waals surface area contributed by atoms with Gasteiger partial charge < -0.3 is 10.2 Å². The predicted molar refractivity (Wildman–Crippen MR) is 119 cm³/mol. The van der Waals surface area contributed by atoms with E-state index in [0.29, 0.717) is 23.5 Å². The van der Waals surface area contributed by atoms with Gasteiger partial charge in [-0.25, -0.2) is 0 Å². The molecule has 3 rings (SSSR count). The minimum atomic E-state index is -3.86. The molecule has 0 aliphatic carbocycles. The molecule has 0 saturated carbocycles. The molecular formula is C21H22BrN3O4S. The van der Waals surface area contributed by atoms with Gasteiger partial charge in [-0.2, -0.15) is 8.42 Å². The van der Waals surface area contributed by atoms with E-state index < -0.39 is 10.0 Å². The molecule has 0 atom stereocenters. The molecule has 1 saturated heterocycles. The van der Waals surface area contributed by atoms with E-state index in [-0.39, 0.29) is 29.4 Å². The number of amidine groups is 1. The number of hydrogen-bond acceptors (Lipinski definition) is 4. The molecule has 2 aromatic carbocycles. The number of likely N-dealkylation sites (tertiary alicyclic amines) is 1. The topological polar surface area (TPSA) is 95.9 Å². The maximum absolute atomic E-state index is 12.6. The zero-order valence-corrected chi connectivity index (χ0v) is 18.9. The summed E-state index contributed by atoms with van der Waals surface area (Å²) >= 11 is 3.31. The molecule has 1 aliphatic rings. The van der Waals surface area contributed by atoms with E-state index in [1.165, 1.54) is 12.1 Å². The molecule has 1 aliphatic heterocycles. The average molecular weight is 492 g/mol. The molecule has 9 heteroatoms. The van der Waals surface area contributed by atoms with Gasteiger partial charge in [0.2, 0.25) is 5.91 Å². The van der Waals surface area contributed by atoms with Crippen molar-refractivity contribution in [2.24, 2.45) is 4.40 Å². The number of Topliss-reactive ketones (excluding diaryl/α,β-unsaturated/α-hetero) is 1. The number of carbonyl (C=O) groups excluding carboxylic acids is 2. The second kappa shape index (κ2) is 9.53. The summed E-state index contributed by atoms with van der Waals surface area (Å²) in [5, 5.41) is 2.65. The number of nitrogens with one attached hydrogen (secondary N) is 1.